The van der Waals surface area contributed by atoms with Gasteiger partial charge in [-0.2, -0.15) is 0 Å². The van der Waals surface area contributed by atoms with Crippen LogP contribution in [-0.2, 0) is 6.54 Å². The molecule has 1 aromatic heterocycles. The standard InChI is InChI=1S/C11H10BrNO/c12-10-5-6-14-11(10)9-3-1-8(7-13)2-4-9/h1-6H,7,13H2. The topological polar surface area (TPSA) is 39.2 Å². The van der Waals surface area contributed by atoms with Gasteiger partial charge in [-0.25, -0.2) is 0 Å². The van der Waals surface area contributed by atoms with Crippen LogP contribution in [0.4, 0.5) is 0 Å². The number of hydrogen-bond acceptors (Lipinski definition) is 2. The van der Waals surface area contributed by atoms with E-state index in [-0.39, 0.29) is 0 Å². The van der Waals surface area contributed by atoms with Crippen molar-refractivity contribution in [3.05, 3.63) is 46.6 Å². The fourth-order valence-electron chi connectivity index (χ4n) is 1.29. The van der Waals surface area contributed by atoms with E-state index in [1.165, 1.54) is 0 Å². The van der Waals surface area contributed by atoms with Gasteiger partial charge >= 0.3 is 0 Å². The van der Waals surface area contributed by atoms with Gasteiger partial charge in [0.05, 0.1) is 10.7 Å². The zero-order valence-electron chi connectivity index (χ0n) is 7.53. The van der Waals surface area contributed by atoms with Crippen LogP contribution in [0.3, 0.4) is 0 Å². The van der Waals surface area contributed by atoms with Crippen LogP contribution in [0.1, 0.15) is 5.56 Å². The summed E-state index contributed by atoms with van der Waals surface area (Å²) >= 11 is 3.42. The Morgan fingerprint density at radius 1 is 1.14 bits per heavy atom. The normalized spacial score (nSPS) is 10.4. The van der Waals surface area contributed by atoms with Crippen molar-refractivity contribution < 1.29 is 4.42 Å². The molecule has 1 aromatic carbocycles. The van der Waals surface area contributed by atoms with E-state index in [4.69, 9.17) is 10.2 Å². The largest absolute Gasteiger partial charge is 0.463 e. The zero-order valence-corrected chi connectivity index (χ0v) is 9.12. The summed E-state index contributed by atoms with van der Waals surface area (Å²) < 4.78 is 6.32. The van der Waals surface area contributed by atoms with E-state index in [9.17, 15) is 0 Å². The smallest absolute Gasteiger partial charge is 0.148 e. The predicted molar refractivity (Wildman–Crippen MR) is 59.7 cm³/mol. The van der Waals surface area contributed by atoms with E-state index < -0.39 is 0 Å². The van der Waals surface area contributed by atoms with E-state index in [0.29, 0.717) is 6.54 Å². The summed E-state index contributed by atoms with van der Waals surface area (Å²) in [5, 5.41) is 0. The monoisotopic (exact) mass is 251 g/mol. The quantitative estimate of drug-likeness (QED) is 0.891. The number of furan rings is 1. The molecule has 14 heavy (non-hydrogen) atoms. The second kappa shape index (κ2) is 3.98. The summed E-state index contributed by atoms with van der Waals surface area (Å²) in [6.45, 7) is 0.569. The molecule has 0 aliphatic carbocycles. The molecule has 2 N–H and O–H groups in total. The number of benzene rings is 1. The summed E-state index contributed by atoms with van der Waals surface area (Å²) in [6, 6.07) is 9.90. The SMILES string of the molecule is NCc1ccc(-c2occc2Br)cc1. The Morgan fingerprint density at radius 2 is 1.86 bits per heavy atom. The molecular weight excluding hydrogens is 242 g/mol. The molecule has 0 aliphatic heterocycles. The van der Waals surface area contributed by atoms with Crippen LogP contribution in [-0.4, -0.2) is 0 Å². The van der Waals surface area contributed by atoms with Crippen molar-refractivity contribution in [1.29, 1.82) is 0 Å². The average molecular weight is 252 g/mol. The molecule has 3 heteroatoms. The van der Waals surface area contributed by atoms with Gasteiger partial charge in [0.1, 0.15) is 5.76 Å². The number of hydrogen-bond donors (Lipinski definition) is 1. The molecule has 0 amide bonds. The van der Waals surface area contributed by atoms with E-state index in [1.807, 2.05) is 30.3 Å². The van der Waals surface area contributed by atoms with Crippen molar-refractivity contribution in [2.75, 3.05) is 0 Å². The number of nitrogens with two attached hydrogens (primary N) is 1. The summed E-state index contributed by atoms with van der Waals surface area (Å²) in [7, 11) is 0. The second-order valence-electron chi connectivity index (χ2n) is 3.00. The molecule has 72 valence electrons. The third kappa shape index (κ3) is 1.74. The molecule has 0 fully saturated rings. The highest BCUT2D eigenvalue weighted by molar-refractivity contribution is 9.10. The predicted octanol–water partition coefficient (Wildman–Crippen LogP) is 3.17. The first-order chi connectivity index (χ1) is 6.81. The number of rotatable bonds is 2. The summed E-state index contributed by atoms with van der Waals surface area (Å²) in [5.41, 5.74) is 7.69. The molecular formula is C11H10BrNO. The Hall–Kier alpha value is -1.06. The van der Waals surface area contributed by atoms with Crippen LogP contribution in [0.25, 0.3) is 11.3 Å². The Balaban J connectivity index is 2.39. The van der Waals surface area contributed by atoms with Crippen LogP contribution in [0.2, 0.25) is 0 Å². The van der Waals surface area contributed by atoms with E-state index in [0.717, 1.165) is 21.4 Å². The third-order valence-corrected chi connectivity index (χ3v) is 2.69. The van der Waals surface area contributed by atoms with Crippen LogP contribution in [0, 0.1) is 0 Å². The molecule has 0 unspecified atom stereocenters. The van der Waals surface area contributed by atoms with Crippen molar-refractivity contribution in [3.63, 3.8) is 0 Å². The van der Waals surface area contributed by atoms with Crippen molar-refractivity contribution in [1.82, 2.24) is 0 Å². The van der Waals surface area contributed by atoms with Crippen molar-refractivity contribution in [2.24, 2.45) is 5.73 Å². The lowest BCUT2D eigenvalue weighted by Crippen LogP contribution is -1.94. The van der Waals surface area contributed by atoms with E-state index >= 15 is 0 Å². The molecule has 0 bridgehead atoms. The minimum Gasteiger partial charge on any atom is -0.463 e. The first-order valence-electron chi connectivity index (χ1n) is 4.33. The van der Waals surface area contributed by atoms with E-state index in [2.05, 4.69) is 15.9 Å². The highest BCUT2D eigenvalue weighted by atomic mass is 79.9. The Kier molecular flexibility index (Phi) is 2.70. The first-order valence-corrected chi connectivity index (χ1v) is 5.13. The zero-order chi connectivity index (χ0) is 9.97. The summed E-state index contributed by atoms with van der Waals surface area (Å²) in [5.74, 6) is 0.855. The highest BCUT2D eigenvalue weighted by Gasteiger charge is 2.05. The molecule has 2 rings (SSSR count). The Labute approximate surface area is 90.9 Å². The van der Waals surface area contributed by atoms with Gasteiger partial charge in [-0.3, -0.25) is 0 Å². The lowest BCUT2D eigenvalue weighted by atomic mass is 10.1. The van der Waals surface area contributed by atoms with Gasteiger partial charge in [0.25, 0.3) is 0 Å². The van der Waals surface area contributed by atoms with Gasteiger partial charge in [0.2, 0.25) is 0 Å². The third-order valence-electron chi connectivity index (χ3n) is 2.07. The van der Waals surface area contributed by atoms with Gasteiger partial charge < -0.3 is 10.2 Å². The van der Waals surface area contributed by atoms with Crippen LogP contribution in [0.5, 0.6) is 0 Å². The summed E-state index contributed by atoms with van der Waals surface area (Å²) in [4.78, 5) is 0. The van der Waals surface area contributed by atoms with Crippen LogP contribution < -0.4 is 5.73 Å². The lowest BCUT2D eigenvalue weighted by molar-refractivity contribution is 0.581. The van der Waals surface area contributed by atoms with Gasteiger partial charge in [-0.1, -0.05) is 24.3 Å². The Morgan fingerprint density at radius 3 is 2.36 bits per heavy atom. The van der Waals surface area contributed by atoms with Crippen molar-refractivity contribution in [3.8, 4) is 11.3 Å². The van der Waals surface area contributed by atoms with Gasteiger partial charge in [0, 0.05) is 12.1 Å². The average Bonchev–Trinajstić information content (AvgIpc) is 2.65. The second-order valence-corrected chi connectivity index (χ2v) is 3.85. The fraction of sp³-hybridized carbons (Fsp3) is 0.0909. The van der Waals surface area contributed by atoms with Gasteiger partial charge in [-0.15, -0.1) is 0 Å². The fourth-order valence-corrected chi connectivity index (χ4v) is 1.72. The van der Waals surface area contributed by atoms with Crippen LogP contribution >= 0.6 is 15.9 Å². The molecule has 0 atom stereocenters. The van der Waals surface area contributed by atoms with Gasteiger partial charge in [-0.05, 0) is 27.6 Å². The highest BCUT2D eigenvalue weighted by Crippen LogP contribution is 2.29. The first kappa shape index (κ1) is 9.49. The van der Waals surface area contributed by atoms with Gasteiger partial charge in [0.15, 0.2) is 0 Å². The minimum atomic E-state index is 0.569. The summed E-state index contributed by atoms with van der Waals surface area (Å²) in [6.07, 6.45) is 1.66. The lowest BCUT2D eigenvalue weighted by Gasteiger charge is -2.00. The maximum absolute atomic E-state index is 5.52. The molecule has 0 aliphatic rings. The minimum absolute atomic E-state index is 0.569. The Bertz CT molecular complexity index is 419. The molecule has 1 heterocycles. The molecule has 0 radical (unpaired) electrons. The van der Waals surface area contributed by atoms with Crippen LogP contribution in [0.15, 0.2) is 45.5 Å². The molecule has 2 nitrogen and oxygen atoms in total. The van der Waals surface area contributed by atoms with E-state index in [1.54, 1.807) is 6.26 Å². The molecule has 0 saturated heterocycles. The molecule has 2 aromatic rings. The maximum Gasteiger partial charge on any atom is 0.148 e. The molecule has 0 saturated carbocycles. The van der Waals surface area contributed by atoms with Crippen molar-refractivity contribution in [2.45, 2.75) is 6.54 Å². The number of halogens is 1. The maximum atomic E-state index is 5.52. The molecule has 0 spiro atoms. The van der Waals surface area contributed by atoms with Crippen molar-refractivity contribution >= 4 is 15.9 Å².